The van der Waals surface area contributed by atoms with E-state index in [-0.39, 0.29) is 0 Å². The molecule has 3 aromatic rings. The number of benzene rings is 1. The number of hydrogen-bond donors (Lipinski definition) is 1. The third-order valence-corrected chi connectivity index (χ3v) is 4.35. The zero-order valence-corrected chi connectivity index (χ0v) is 15.0. The molecule has 2 aromatic heterocycles. The Balaban J connectivity index is 1.66. The molecule has 0 aliphatic rings. The molecular formula is C19H20ClN5. The highest BCUT2D eigenvalue weighted by atomic mass is 35.5. The van der Waals surface area contributed by atoms with E-state index in [2.05, 4.69) is 25.2 Å². The maximum Gasteiger partial charge on any atom is 0.229 e. The van der Waals surface area contributed by atoms with E-state index < -0.39 is 0 Å². The fourth-order valence-electron chi connectivity index (χ4n) is 2.38. The van der Waals surface area contributed by atoms with Gasteiger partial charge < -0.3 is 10.2 Å². The van der Waals surface area contributed by atoms with Crippen LogP contribution in [0.1, 0.15) is 11.1 Å². The van der Waals surface area contributed by atoms with E-state index in [0.29, 0.717) is 5.95 Å². The van der Waals surface area contributed by atoms with E-state index in [1.54, 1.807) is 6.20 Å². The third-order valence-electron chi connectivity index (χ3n) is 3.95. The Bertz CT molecular complexity index is 838. The second-order valence-corrected chi connectivity index (χ2v) is 6.26. The van der Waals surface area contributed by atoms with Gasteiger partial charge in [-0.25, -0.2) is 4.98 Å². The summed E-state index contributed by atoms with van der Waals surface area (Å²) in [4.78, 5) is 15.0. The van der Waals surface area contributed by atoms with Gasteiger partial charge in [0.2, 0.25) is 5.95 Å². The molecule has 0 aliphatic heterocycles. The average molecular weight is 354 g/mol. The van der Waals surface area contributed by atoms with Crippen LogP contribution in [0.4, 0.5) is 17.5 Å². The first-order valence-electron chi connectivity index (χ1n) is 8.08. The minimum absolute atomic E-state index is 0.549. The highest BCUT2D eigenvalue weighted by Gasteiger charge is 2.06. The van der Waals surface area contributed by atoms with Gasteiger partial charge in [0.25, 0.3) is 0 Å². The highest BCUT2D eigenvalue weighted by Crippen LogP contribution is 2.22. The maximum atomic E-state index is 6.17. The van der Waals surface area contributed by atoms with Gasteiger partial charge in [0, 0.05) is 42.9 Å². The first-order valence-corrected chi connectivity index (χ1v) is 8.46. The van der Waals surface area contributed by atoms with Crippen LogP contribution < -0.4 is 10.2 Å². The molecule has 0 amide bonds. The molecule has 0 aliphatic carbocycles. The molecular weight excluding hydrogens is 334 g/mol. The molecule has 25 heavy (non-hydrogen) atoms. The van der Waals surface area contributed by atoms with Crippen LogP contribution in [0.15, 0.2) is 55.0 Å². The Kier molecular flexibility index (Phi) is 5.46. The molecule has 3 rings (SSSR count). The Morgan fingerprint density at radius 2 is 1.88 bits per heavy atom. The molecule has 2 heterocycles. The van der Waals surface area contributed by atoms with Gasteiger partial charge in [-0.3, -0.25) is 4.98 Å². The van der Waals surface area contributed by atoms with Gasteiger partial charge in [-0.15, -0.1) is 0 Å². The molecule has 6 heteroatoms. The van der Waals surface area contributed by atoms with Crippen molar-refractivity contribution in [2.45, 2.75) is 13.3 Å². The number of aromatic nitrogens is 3. The number of likely N-dealkylation sites (N-methyl/N-ethyl adjacent to an activating group) is 1. The van der Waals surface area contributed by atoms with Gasteiger partial charge in [0.1, 0.15) is 5.82 Å². The quantitative estimate of drug-likeness (QED) is 0.717. The first kappa shape index (κ1) is 17.2. The lowest BCUT2D eigenvalue weighted by Gasteiger charge is -2.18. The normalized spacial score (nSPS) is 10.5. The molecule has 0 saturated heterocycles. The first-order chi connectivity index (χ1) is 12.1. The Hall–Kier alpha value is -2.66. The van der Waals surface area contributed by atoms with Gasteiger partial charge >= 0.3 is 0 Å². The maximum absolute atomic E-state index is 6.17. The summed E-state index contributed by atoms with van der Waals surface area (Å²) in [5, 5.41) is 3.92. The van der Waals surface area contributed by atoms with Gasteiger partial charge in [0.15, 0.2) is 0 Å². The van der Waals surface area contributed by atoms with Crippen molar-refractivity contribution in [3.63, 3.8) is 0 Å². The molecule has 0 spiro atoms. The van der Waals surface area contributed by atoms with Gasteiger partial charge in [-0.1, -0.05) is 17.7 Å². The molecule has 0 radical (unpaired) electrons. The van der Waals surface area contributed by atoms with Crippen molar-refractivity contribution in [1.29, 1.82) is 0 Å². The van der Waals surface area contributed by atoms with Crippen LogP contribution in [0, 0.1) is 6.92 Å². The number of halogens is 1. The standard InChI is InChI=1S/C19H20ClN5/c1-14-3-4-16(13-17(14)20)23-19-22-11-7-18(24-19)25(2)12-8-15-5-9-21-10-6-15/h3-7,9-11,13H,8,12H2,1-2H3,(H,22,23,24). The molecule has 1 aromatic carbocycles. The zero-order chi connectivity index (χ0) is 17.6. The average Bonchev–Trinajstić information content (AvgIpc) is 2.64. The van der Waals surface area contributed by atoms with E-state index in [9.17, 15) is 0 Å². The number of nitrogens with zero attached hydrogens (tertiary/aromatic N) is 4. The van der Waals surface area contributed by atoms with Crippen molar-refractivity contribution < 1.29 is 0 Å². The highest BCUT2D eigenvalue weighted by molar-refractivity contribution is 6.31. The van der Waals surface area contributed by atoms with E-state index in [1.807, 2.05) is 62.8 Å². The van der Waals surface area contributed by atoms with E-state index in [4.69, 9.17) is 11.6 Å². The largest absolute Gasteiger partial charge is 0.359 e. The van der Waals surface area contributed by atoms with Crippen LogP contribution in [-0.2, 0) is 6.42 Å². The number of aryl methyl sites for hydroxylation is 1. The summed E-state index contributed by atoms with van der Waals surface area (Å²) in [6, 6.07) is 11.8. The van der Waals surface area contributed by atoms with Gasteiger partial charge in [0.05, 0.1) is 0 Å². The predicted molar refractivity (Wildman–Crippen MR) is 103 cm³/mol. The van der Waals surface area contributed by atoms with E-state index in [0.717, 1.165) is 35.1 Å². The SMILES string of the molecule is Cc1ccc(Nc2nccc(N(C)CCc3ccncc3)n2)cc1Cl. The lowest BCUT2D eigenvalue weighted by Crippen LogP contribution is -2.21. The Morgan fingerprint density at radius 1 is 1.08 bits per heavy atom. The Labute approximate surface area is 152 Å². The van der Waals surface area contributed by atoms with E-state index >= 15 is 0 Å². The second-order valence-electron chi connectivity index (χ2n) is 5.85. The minimum Gasteiger partial charge on any atom is -0.359 e. The molecule has 0 fully saturated rings. The minimum atomic E-state index is 0.549. The van der Waals surface area contributed by atoms with Crippen LogP contribution in [0.2, 0.25) is 5.02 Å². The lowest BCUT2D eigenvalue weighted by molar-refractivity contribution is 0.855. The molecule has 0 atom stereocenters. The molecule has 128 valence electrons. The Morgan fingerprint density at radius 3 is 2.64 bits per heavy atom. The lowest BCUT2D eigenvalue weighted by atomic mass is 10.2. The molecule has 5 nitrogen and oxygen atoms in total. The van der Waals surface area contributed by atoms with Crippen molar-refractivity contribution in [2.24, 2.45) is 0 Å². The van der Waals surface area contributed by atoms with Crippen LogP contribution in [0.3, 0.4) is 0 Å². The number of nitrogens with one attached hydrogen (secondary N) is 1. The zero-order valence-electron chi connectivity index (χ0n) is 14.3. The summed E-state index contributed by atoms with van der Waals surface area (Å²) in [5.41, 5.74) is 3.16. The summed E-state index contributed by atoms with van der Waals surface area (Å²) >= 11 is 6.17. The fraction of sp³-hybridized carbons (Fsp3) is 0.211. The number of rotatable bonds is 6. The van der Waals surface area contributed by atoms with Crippen molar-refractivity contribution >= 4 is 29.1 Å². The summed E-state index contributed by atoms with van der Waals surface area (Å²) in [7, 11) is 2.02. The molecule has 1 N–H and O–H groups in total. The number of anilines is 3. The summed E-state index contributed by atoms with van der Waals surface area (Å²) in [6.45, 7) is 2.83. The summed E-state index contributed by atoms with van der Waals surface area (Å²) < 4.78 is 0. The summed E-state index contributed by atoms with van der Waals surface area (Å²) in [5.74, 6) is 1.41. The number of hydrogen-bond acceptors (Lipinski definition) is 5. The van der Waals surface area contributed by atoms with E-state index in [1.165, 1.54) is 5.56 Å². The van der Waals surface area contributed by atoms with Crippen LogP contribution in [0.25, 0.3) is 0 Å². The van der Waals surface area contributed by atoms with Crippen molar-refractivity contribution in [1.82, 2.24) is 15.0 Å². The smallest absolute Gasteiger partial charge is 0.229 e. The van der Waals surface area contributed by atoms with Crippen molar-refractivity contribution in [2.75, 3.05) is 23.8 Å². The number of pyridine rings is 1. The monoisotopic (exact) mass is 353 g/mol. The molecule has 0 unspecified atom stereocenters. The van der Waals surface area contributed by atoms with Crippen LogP contribution in [0.5, 0.6) is 0 Å². The topological polar surface area (TPSA) is 53.9 Å². The fourth-order valence-corrected chi connectivity index (χ4v) is 2.56. The van der Waals surface area contributed by atoms with Crippen molar-refractivity contribution in [3.05, 3.63) is 71.1 Å². The predicted octanol–water partition coefficient (Wildman–Crippen LogP) is 4.26. The van der Waals surface area contributed by atoms with Gasteiger partial charge in [-0.2, -0.15) is 4.98 Å². The van der Waals surface area contributed by atoms with Crippen LogP contribution >= 0.6 is 11.6 Å². The van der Waals surface area contributed by atoms with Gasteiger partial charge in [-0.05, 0) is 54.8 Å². The molecule has 0 saturated carbocycles. The van der Waals surface area contributed by atoms with Crippen molar-refractivity contribution in [3.8, 4) is 0 Å². The third kappa shape index (κ3) is 4.67. The van der Waals surface area contributed by atoms with Crippen LogP contribution in [-0.4, -0.2) is 28.5 Å². The molecule has 0 bridgehead atoms. The summed E-state index contributed by atoms with van der Waals surface area (Å²) in [6.07, 6.45) is 6.31. The second kappa shape index (κ2) is 7.94.